The van der Waals surface area contributed by atoms with Crippen LogP contribution in [0.1, 0.15) is 29.5 Å². The molecule has 5 heteroatoms. The largest absolute Gasteiger partial charge is 0.381 e. The van der Waals surface area contributed by atoms with E-state index in [1.165, 1.54) is 16.5 Å². The van der Waals surface area contributed by atoms with E-state index < -0.39 is 5.41 Å². The molecule has 0 N–H and O–H groups in total. The Morgan fingerprint density at radius 1 is 1.09 bits per heavy atom. The molecule has 172 valence electrons. The summed E-state index contributed by atoms with van der Waals surface area (Å²) in [4.78, 5) is 20.5. The minimum absolute atomic E-state index is 0.231. The third-order valence-corrected chi connectivity index (χ3v) is 7.23. The number of benzene rings is 2. The maximum absolute atomic E-state index is 14.2. The molecule has 1 unspecified atom stereocenters. The molecule has 2 aromatic carbocycles. The summed E-state index contributed by atoms with van der Waals surface area (Å²) in [6, 6.07) is 16.9. The van der Waals surface area contributed by atoms with Crippen molar-refractivity contribution in [2.45, 2.75) is 31.6 Å². The molecule has 33 heavy (non-hydrogen) atoms. The van der Waals surface area contributed by atoms with Gasteiger partial charge in [-0.05, 0) is 48.8 Å². The zero-order chi connectivity index (χ0) is 22.7. The van der Waals surface area contributed by atoms with Crippen molar-refractivity contribution in [2.75, 3.05) is 39.5 Å². The van der Waals surface area contributed by atoms with Crippen molar-refractivity contribution in [2.24, 2.45) is 5.92 Å². The Hall–Kier alpha value is -2.76. The van der Waals surface area contributed by atoms with Gasteiger partial charge in [0.05, 0.1) is 18.6 Å². The van der Waals surface area contributed by atoms with Gasteiger partial charge < -0.3 is 14.4 Å². The van der Waals surface area contributed by atoms with E-state index in [0.717, 1.165) is 30.2 Å². The summed E-state index contributed by atoms with van der Waals surface area (Å²) < 4.78 is 11.7. The summed E-state index contributed by atoms with van der Waals surface area (Å²) in [7, 11) is 0. The number of hydrogen-bond donors (Lipinski definition) is 0. The first-order valence-corrected chi connectivity index (χ1v) is 12.0. The first-order chi connectivity index (χ1) is 16.2. The quantitative estimate of drug-likeness (QED) is 0.602. The lowest BCUT2D eigenvalue weighted by atomic mass is 9.72. The predicted octanol–water partition coefficient (Wildman–Crippen LogP) is 4.31. The molecule has 2 aliphatic heterocycles. The normalized spacial score (nSPS) is 21.0. The molecule has 0 radical (unpaired) electrons. The van der Waals surface area contributed by atoms with Crippen molar-refractivity contribution in [1.29, 1.82) is 0 Å². The van der Waals surface area contributed by atoms with Crippen LogP contribution in [-0.4, -0.2) is 55.3 Å². The van der Waals surface area contributed by atoms with Gasteiger partial charge in [-0.15, -0.1) is 0 Å². The molecule has 2 fully saturated rings. The highest BCUT2D eigenvalue weighted by Crippen LogP contribution is 2.38. The Morgan fingerprint density at radius 2 is 1.94 bits per heavy atom. The molecule has 5 rings (SSSR count). The number of rotatable bonds is 4. The molecule has 5 nitrogen and oxygen atoms in total. The van der Waals surface area contributed by atoms with Crippen molar-refractivity contribution < 1.29 is 14.3 Å². The smallest absolute Gasteiger partial charge is 0.233 e. The molecule has 2 aliphatic rings. The molecule has 2 saturated heterocycles. The van der Waals surface area contributed by atoms with Crippen LogP contribution >= 0.6 is 0 Å². The lowest BCUT2D eigenvalue weighted by molar-refractivity contribution is -0.141. The molecular formula is C28H32N2O3. The van der Waals surface area contributed by atoms with Gasteiger partial charge in [-0.3, -0.25) is 9.78 Å². The highest BCUT2D eigenvalue weighted by atomic mass is 16.5. The van der Waals surface area contributed by atoms with E-state index in [9.17, 15) is 4.79 Å². The zero-order valence-electron chi connectivity index (χ0n) is 19.3. The Bertz CT molecular complexity index is 1120. The lowest BCUT2D eigenvalue weighted by Gasteiger charge is -2.40. The van der Waals surface area contributed by atoms with E-state index in [4.69, 9.17) is 9.47 Å². The molecule has 3 aromatic rings. The number of carbonyl (C=O) groups is 1. The van der Waals surface area contributed by atoms with Crippen molar-refractivity contribution in [3.63, 3.8) is 0 Å². The molecule has 1 atom stereocenters. The number of aryl methyl sites for hydroxylation is 1. The van der Waals surface area contributed by atoms with E-state index in [1.807, 2.05) is 12.4 Å². The standard InChI is InChI=1S/C28H32N2O3/c1-21-4-2-7-25(16-21)28(9-13-32-14-10-28)27(31)30-12-15-33-20-22(19-30)17-23-5-3-6-24-18-29-11-8-26(23)24/h2-8,11,16,18,22H,9-10,12-15,17,19-20H2,1H3. The fraction of sp³-hybridized carbons (Fsp3) is 0.429. The van der Waals surface area contributed by atoms with Gasteiger partial charge in [0.1, 0.15) is 0 Å². The molecular weight excluding hydrogens is 412 g/mol. The van der Waals surface area contributed by atoms with E-state index in [2.05, 4.69) is 65.3 Å². The molecule has 0 aliphatic carbocycles. The van der Waals surface area contributed by atoms with E-state index >= 15 is 0 Å². The Balaban J connectivity index is 1.41. The van der Waals surface area contributed by atoms with Gasteiger partial charge in [-0.2, -0.15) is 0 Å². The molecule has 1 amide bonds. The van der Waals surface area contributed by atoms with Crippen molar-refractivity contribution in [3.05, 3.63) is 77.6 Å². The van der Waals surface area contributed by atoms with Gasteiger partial charge >= 0.3 is 0 Å². The first-order valence-electron chi connectivity index (χ1n) is 12.0. The second-order valence-electron chi connectivity index (χ2n) is 9.47. The molecule has 0 saturated carbocycles. The number of carbonyl (C=O) groups excluding carboxylic acids is 1. The summed E-state index contributed by atoms with van der Waals surface area (Å²) in [5.74, 6) is 0.485. The van der Waals surface area contributed by atoms with E-state index in [-0.39, 0.29) is 11.8 Å². The van der Waals surface area contributed by atoms with Crippen LogP contribution in [0.3, 0.4) is 0 Å². The van der Waals surface area contributed by atoms with Crippen molar-refractivity contribution in [3.8, 4) is 0 Å². The van der Waals surface area contributed by atoms with Crippen LogP contribution in [0.25, 0.3) is 10.8 Å². The number of hydrogen-bond acceptors (Lipinski definition) is 4. The monoisotopic (exact) mass is 444 g/mol. The van der Waals surface area contributed by atoms with Crippen LogP contribution in [0.4, 0.5) is 0 Å². The maximum atomic E-state index is 14.2. The minimum atomic E-state index is -0.510. The zero-order valence-corrected chi connectivity index (χ0v) is 19.3. The minimum Gasteiger partial charge on any atom is -0.381 e. The number of amides is 1. The Labute approximate surface area is 195 Å². The highest BCUT2D eigenvalue weighted by molar-refractivity contribution is 5.89. The van der Waals surface area contributed by atoms with Crippen LogP contribution in [-0.2, 0) is 26.1 Å². The number of fused-ring (bicyclic) bond motifs is 1. The summed E-state index contributed by atoms with van der Waals surface area (Å²) >= 11 is 0. The van der Waals surface area contributed by atoms with Crippen LogP contribution in [0, 0.1) is 12.8 Å². The third kappa shape index (κ3) is 4.53. The van der Waals surface area contributed by atoms with Crippen LogP contribution < -0.4 is 0 Å². The molecule has 1 aromatic heterocycles. The average molecular weight is 445 g/mol. The molecule has 3 heterocycles. The topological polar surface area (TPSA) is 51.7 Å². The fourth-order valence-electron chi connectivity index (χ4n) is 5.46. The lowest BCUT2D eigenvalue weighted by Crippen LogP contribution is -2.51. The second-order valence-corrected chi connectivity index (χ2v) is 9.47. The third-order valence-electron chi connectivity index (χ3n) is 7.23. The van der Waals surface area contributed by atoms with Crippen LogP contribution in [0.15, 0.2) is 60.9 Å². The summed E-state index contributed by atoms with van der Waals surface area (Å²) in [5.41, 5.74) is 3.09. The maximum Gasteiger partial charge on any atom is 0.233 e. The molecule has 0 spiro atoms. The number of nitrogens with zero attached hydrogens (tertiary/aromatic N) is 2. The second kappa shape index (κ2) is 9.62. The number of aromatic nitrogens is 1. The van der Waals surface area contributed by atoms with Gasteiger partial charge in [0.25, 0.3) is 0 Å². The highest BCUT2D eigenvalue weighted by Gasteiger charge is 2.44. The first kappa shape index (κ1) is 22.1. The van der Waals surface area contributed by atoms with Crippen molar-refractivity contribution >= 4 is 16.7 Å². The van der Waals surface area contributed by atoms with Gasteiger partial charge in [-0.25, -0.2) is 0 Å². The Kier molecular flexibility index (Phi) is 6.43. The summed E-state index contributed by atoms with van der Waals surface area (Å²) in [6.45, 7) is 5.96. The SMILES string of the molecule is Cc1cccc(C2(C(=O)N3CCOCC(Cc4cccc5cnccc45)C3)CCOCC2)c1. The Morgan fingerprint density at radius 3 is 2.79 bits per heavy atom. The van der Waals surface area contributed by atoms with Crippen molar-refractivity contribution in [1.82, 2.24) is 9.88 Å². The fourth-order valence-corrected chi connectivity index (χ4v) is 5.46. The van der Waals surface area contributed by atoms with Gasteiger partial charge in [0.2, 0.25) is 5.91 Å². The van der Waals surface area contributed by atoms with E-state index in [0.29, 0.717) is 39.5 Å². The van der Waals surface area contributed by atoms with E-state index in [1.54, 1.807) is 0 Å². The van der Waals surface area contributed by atoms with Gasteiger partial charge in [-0.1, -0.05) is 48.0 Å². The predicted molar refractivity (Wildman–Crippen MR) is 129 cm³/mol. The average Bonchev–Trinajstić information content (AvgIpc) is 3.10. The van der Waals surface area contributed by atoms with Crippen LogP contribution in [0.5, 0.6) is 0 Å². The van der Waals surface area contributed by atoms with Gasteiger partial charge in [0.15, 0.2) is 0 Å². The number of ether oxygens (including phenoxy) is 2. The molecule has 0 bridgehead atoms. The summed E-state index contributed by atoms with van der Waals surface area (Å²) in [5, 5.41) is 2.38. The van der Waals surface area contributed by atoms with Gasteiger partial charge in [0, 0.05) is 50.0 Å². The number of pyridine rings is 1. The van der Waals surface area contributed by atoms with Crippen LogP contribution in [0.2, 0.25) is 0 Å². The summed E-state index contributed by atoms with van der Waals surface area (Å²) in [6.07, 6.45) is 6.10.